The predicted octanol–water partition coefficient (Wildman–Crippen LogP) is 3.15. The number of carbonyl (C=O) groups excluding carboxylic acids is 1. The molecule has 0 aromatic heterocycles. The summed E-state index contributed by atoms with van der Waals surface area (Å²) in [6.45, 7) is 8.83. The highest BCUT2D eigenvalue weighted by Gasteiger charge is 2.07. The van der Waals surface area contributed by atoms with Crippen molar-refractivity contribution in [3.63, 3.8) is 0 Å². The minimum Gasteiger partial charge on any atom is -0.508 e. The summed E-state index contributed by atoms with van der Waals surface area (Å²) in [6, 6.07) is 5.97. The van der Waals surface area contributed by atoms with Gasteiger partial charge in [-0.15, -0.1) is 6.58 Å². The molecule has 0 atom stereocenters. The van der Waals surface area contributed by atoms with Gasteiger partial charge >= 0.3 is 5.97 Å². The van der Waals surface area contributed by atoms with E-state index in [1.165, 1.54) is 24.3 Å². The van der Waals surface area contributed by atoms with Crippen molar-refractivity contribution >= 4 is 5.97 Å². The van der Waals surface area contributed by atoms with Crippen LogP contribution in [0.3, 0.4) is 0 Å². The van der Waals surface area contributed by atoms with Gasteiger partial charge in [-0.2, -0.15) is 0 Å². The molecule has 1 N–H and O–H groups in total. The summed E-state index contributed by atoms with van der Waals surface area (Å²) >= 11 is 0. The minimum atomic E-state index is -0.366. The Kier molecular flexibility index (Phi) is 6.68. The zero-order chi connectivity index (χ0) is 12.6. The van der Waals surface area contributed by atoms with Crippen molar-refractivity contribution in [1.82, 2.24) is 0 Å². The van der Waals surface area contributed by atoms with Crippen molar-refractivity contribution in [2.75, 3.05) is 0 Å². The number of aromatic hydroxyl groups is 1. The van der Waals surface area contributed by atoms with E-state index >= 15 is 0 Å². The van der Waals surface area contributed by atoms with Gasteiger partial charge in [-0.1, -0.05) is 6.08 Å². The van der Waals surface area contributed by atoms with Crippen LogP contribution in [-0.4, -0.2) is 17.2 Å². The first kappa shape index (κ1) is 14.2. The predicted molar refractivity (Wildman–Crippen MR) is 64.5 cm³/mol. The van der Waals surface area contributed by atoms with E-state index in [1.807, 2.05) is 6.92 Å². The van der Waals surface area contributed by atoms with Crippen molar-refractivity contribution in [1.29, 1.82) is 0 Å². The van der Waals surface area contributed by atoms with Gasteiger partial charge in [-0.25, -0.2) is 4.79 Å². The van der Waals surface area contributed by atoms with E-state index in [0.717, 1.165) is 0 Å². The molecule has 0 aliphatic rings. The Balaban J connectivity index is 0.000000673. The van der Waals surface area contributed by atoms with E-state index in [2.05, 4.69) is 6.58 Å². The third-order valence-corrected chi connectivity index (χ3v) is 1.45. The van der Waals surface area contributed by atoms with Gasteiger partial charge in [0.25, 0.3) is 0 Å². The van der Waals surface area contributed by atoms with E-state index in [-0.39, 0.29) is 17.8 Å². The highest BCUT2D eigenvalue weighted by Crippen LogP contribution is 2.11. The molecule has 88 valence electrons. The van der Waals surface area contributed by atoms with E-state index < -0.39 is 0 Å². The highest BCUT2D eigenvalue weighted by atomic mass is 16.5. The molecule has 0 fully saturated rings. The zero-order valence-electron chi connectivity index (χ0n) is 9.93. The zero-order valence-corrected chi connectivity index (χ0v) is 9.93. The third kappa shape index (κ3) is 5.86. The number of hydrogen-bond donors (Lipinski definition) is 1. The van der Waals surface area contributed by atoms with Gasteiger partial charge in [-0.05, 0) is 45.0 Å². The van der Waals surface area contributed by atoms with Crippen LogP contribution in [0.15, 0.2) is 36.9 Å². The molecular formula is C13H18O3. The first-order valence-corrected chi connectivity index (χ1v) is 5.08. The van der Waals surface area contributed by atoms with Crippen LogP contribution < -0.4 is 0 Å². The Bertz CT molecular complexity index is 326. The number of esters is 1. The lowest BCUT2D eigenvalue weighted by molar-refractivity contribution is 0.0378. The van der Waals surface area contributed by atoms with Crippen molar-refractivity contribution in [2.24, 2.45) is 0 Å². The summed E-state index contributed by atoms with van der Waals surface area (Å²) in [7, 11) is 0. The maximum Gasteiger partial charge on any atom is 0.338 e. The molecule has 0 unspecified atom stereocenters. The fourth-order valence-electron chi connectivity index (χ4n) is 0.880. The molecular weight excluding hydrogens is 204 g/mol. The lowest BCUT2D eigenvalue weighted by Crippen LogP contribution is -2.11. The van der Waals surface area contributed by atoms with Gasteiger partial charge in [0, 0.05) is 0 Å². The molecule has 0 amide bonds. The molecule has 3 nitrogen and oxygen atoms in total. The second kappa shape index (κ2) is 7.51. The molecule has 0 heterocycles. The molecule has 0 bridgehead atoms. The number of phenols is 1. The van der Waals surface area contributed by atoms with Crippen molar-refractivity contribution < 1.29 is 14.6 Å². The van der Waals surface area contributed by atoms with Crippen LogP contribution in [-0.2, 0) is 4.74 Å². The van der Waals surface area contributed by atoms with Crippen LogP contribution in [0.25, 0.3) is 0 Å². The molecule has 1 rings (SSSR count). The number of carbonyl (C=O) groups is 1. The molecule has 0 aliphatic heterocycles. The number of phenolic OH excluding ortho intramolecular Hbond substituents is 1. The fraction of sp³-hybridized carbons (Fsp3) is 0.308. The highest BCUT2D eigenvalue weighted by molar-refractivity contribution is 5.89. The monoisotopic (exact) mass is 222 g/mol. The quantitative estimate of drug-likeness (QED) is 0.617. The Labute approximate surface area is 96.4 Å². The van der Waals surface area contributed by atoms with Gasteiger partial charge < -0.3 is 9.84 Å². The summed E-state index contributed by atoms with van der Waals surface area (Å²) in [4.78, 5) is 11.3. The normalized spacial score (nSPS) is 9.00. The Morgan fingerprint density at radius 1 is 1.38 bits per heavy atom. The first-order chi connectivity index (χ1) is 7.51. The number of benzene rings is 1. The van der Waals surface area contributed by atoms with Crippen LogP contribution in [0.2, 0.25) is 0 Å². The second-order valence-electron chi connectivity index (χ2n) is 3.41. The average molecular weight is 222 g/mol. The average Bonchev–Trinajstić information content (AvgIpc) is 2.18. The van der Waals surface area contributed by atoms with Crippen LogP contribution in [0, 0.1) is 0 Å². The number of rotatable bonds is 2. The number of ether oxygens (including phenoxy) is 1. The molecule has 1 aromatic rings. The van der Waals surface area contributed by atoms with Crippen LogP contribution in [0.4, 0.5) is 0 Å². The molecule has 0 saturated heterocycles. The van der Waals surface area contributed by atoms with Crippen molar-refractivity contribution in [3.05, 3.63) is 42.5 Å². The van der Waals surface area contributed by atoms with Crippen LogP contribution in [0.1, 0.15) is 31.1 Å². The lowest BCUT2D eigenvalue weighted by atomic mass is 10.2. The SMILES string of the molecule is C=CC.CC(C)OC(=O)c1ccc(O)cc1. The largest absolute Gasteiger partial charge is 0.508 e. The van der Waals surface area contributed by atoms with E-state index in [1.54, 1.807) is 19.9 Å². The maximum absolute atomic E-state index is 11.3. The van der Waals surface area contributed by atoms with E-state index in [0.29, 0.717) is 5.56 Å². The van der Waals surface area contributed by atoms with Crippen LogP contribution >= 0.6 is 0 Å². The second-order valence-corrected chi connectivity index (χ2v) is 3.41. The van der Waals surface area contributed by atoms with Gasteiger partial charge in [0.2, 0.25) is 0 Å². The fourth-order valence-corrected chi connectivity index (χ4v) is 0.880. The smallest absolute Gasteiger partial charge is 0.338 e. The summed E-state index contributed by atoms with van der Waals surface area (Å²) < 4.78 is 4.96. The number of hydrogen-bond acceptors (Lipinski definition) is 3. The molecule has 0 radical (unpaired) electrons. The topological polar surface area (TPSA) is 46.5 Å². The third-order valence-electron chi connectivity index (χ3n) is 1.45. The first-order valence-electron chi connectivity index (χ1n) is 5.08. The van der Waals surface area contributed by atoms with Gasteiger partial charge in [0.05, 0.1) is 11.7 Å². The minimum absolute atomic E-state index is 0.124. The maximum atomic E-state index is 11.3. The summed E-state index contributed by atoms with van der Waals surface area (Å²) in [5, 5.41) is 8.97. The van der Waals surface area contributed by atoms with Gasteiger partial charge in [-0.3, -0.25) is 0 Å². The summed E-state index contributed by atoms with van der Waals surface area (Å²) in [6.07, 6.45) is 1.63. The molecule has 16 heavy (non-hydrogen) atoms. The lowest BCUT2D eigenvalue weighted by Gasteiger charge is -2.07. The van der Waals surface area contributed by atoms with E-state index in [9.17, 15) is 4.79 Å². The van der Waals surface area contributed by atoms with Gasteiger partial charge in [0.15, 0.2) is 0 Å². The molecule has 1 aromatic carbocycles. The molecule has 0 saturated carbocycles. The van der Waals surface area contributed by atoms with Gasteiger partial charge in [0.1, 0.15) is 5.75 Å². The summed E-state index contributed by atoms with van der Waals surface area (Å²) in [5.41, 5.74) is 0.450. The van der Waals surface area contributed by atoms with Crippen molar-refractivity contribution in [3.8, 4) is 5.75 Å². The molecule has 0 aliphatic carbocycles. The molecule has 3 heteroatoms. The van der Waals surface area contributed by atoms with E-state index in [4.69, 9.17) is 9.84 Å². The standard InChI is InChI=1S/C10H12O3.C3H6/c1-7(2)13-10(12)8-3-5-9(11)6-4-8;1-3-2/h3-7,11H,1-2H3;3H,1H2,2H3. The Hall–Kier alpha value is -1.77. The van der Waals surface area contributed by atoms with Crippen LogP contribution in [0.5, 0.6) is 5.75 Å². The Morgan fingerprint density at radius 2 is 1.81 bits per heavy atom. The number of allylic oxidation sites excluding steroid dienone is 1. The molecule has 0 spiro atoms. The summed E-state index contributed by atoms with van der Waals surface area (Å²) in [5.74, 6) is -0.226. The Morgan fingerprint density at radius 3 is 2.19 bits per heavy atom. The van der Waals surface area contributed by atoms with Crippen molar-refractivity contribution in [2.45, 2.75) is 26.9 Å².